The van der Waals surface area contributed by atoms with Crippen LogP contribution in [0.1, 0.15) is 12.0 Å². The van der Waals surface area contributed by atoms with Gasteiger partial charge in [-0.25, -0.2) is 0 Å². The molecule has 0 bridgehead atoms. The van der Waals surface area contributed by atoms with E-state index in [-0.39, 0.29) is 17.0 Å². The summed E-state index contributed by atoms with van der Waals surface area (Å²) in [4.78, 5) is 9.91. The molecular formula is C10H8F3N3O3. The Labute approximate surface area is 104 Å². The number of nitro groups is 1. The smallest absolute Gasteiger partial charge is 0.362 e. The van der Waals surface area contributed by atoms with E-state index < -0.39 is 23.2 Å². The predicted molar refractivity (Wildman–Crippen MR) is 58.4 cm³/mol. The molecule has 0 radical (unpaired) electrons. The Kier molecular flexibility index (Phi) is 2.93. The molecule has 1 aromatic carbocycles. The summed E-state index contributed by atoms with van der Waals surface area (Å²) in [6, 6.07) is 5.03. The van der Waals surface area contributed by atoms with Crippen molar-refractivity contribution in [1.29, 1.82) is 0 Å². The van der Waals surface area contributed by atoms with Crippen LogP contribution >= 0.6 is 0 Å². The van der Waals surface area contributed by atoms with Gasteiger partial charge in [-0.1, -0.05) is 12.1 Å². The molecule has 2 N–H and O–H groups in total. The first-order valence-electron chi connectivity index (χ1n) is 5.10. The molecule has 102 valence electrons. The number of aliphatic hydroxyl groups is 1. The number of non-ortho nitro benzene ring substituents is 1. The van der Waals surface area contributed by atoms with E-state index in [0.29, 0.717) is 0 Å². The Balaban J connectivity index is 2.27. The quantitative estimate of drug-likeness (QED) is 0.633. The molecule has 1 heterocycles. The van der Waals surface area contributed by atoms with Gasteiger partial charge in [-0.15, -0.1) is 0 Å². The number of nitro benzene ring substituents is 1. The molecule has 9 heteroatoms. The van der Waals surface area contributed by atoms with Crippen LogP contribution in [0.3, 0.4) is 0 Å². The largest absolute Gasteiger partial charge is 0.438 e. The number of alkyl halides is 3. The van der Waals surface area contributed by atoms with Gasteiger partial charge in [0.1, 0.15) is 0 Å². The summed E-state index contributed by atoms with van der Waals surface area (Å²) in [6.07, 6.45) is -5.70. The summed E-state index contributed by atoms with van der Waals surface area (Å²) in [7, 11) is 0. The van der Waals surface area contributed by atoms with E-state index in [4.69, 9.17) is 0 Å². The molecule has 0 spiro atoms. The summed E-state index contributed by atoms with van der Waals surface area (Å²) in [5.41, 5.74) is -1.71. The number of halogens is 3. The molecule has 6 nitrogen and oxygen atoms in total. The third kappa shape index (κ3) is 2.36. The number of nitrogens with one attached hydrogen (secondary N) is 1. The third-order valence-electron chi connectivity index (χ3n) is 2.66. The van der Waals surface area contributed by atoms with Crippen molar-refractivity contribution in [1.82, 2.24) is 5.43 Å². The van der Waals surface area contributed by atoms with Crippen LogP contribution in [0, 0.1) is 10.1 Å². The van der Waals surface area contributed by atoms with E-state index >= 15 is 0 Å². The van der Waals surface area contributed by atoms with Crippen molar-refractivity contribution in [2.75, 3.05) is 0 Å². The SMILES string of the molecule is O=[N+]([O-])c1cccc(C2=NNC(O)(C(F)(F)F)C2)c1. The maximum atomic E-state index is 12.5. The topological polar surface area (TPSA) is 87.8 Å². The number of hydrogen-bond donors (Lipinski definition) is 2. The van der Waals surface area contributed by atoms with E-state index in [0.717, 1.165) is 6.07 Å². The number of hydrogen-bond acceptors (Lipinski definition) is 5. The highest BCUT2D eigenvalue weighted by molar-refractivity contribution is 6.02. The van der Waals surface area contributed by atoms with Crippen molar-refractivity contribution in [2.45, 2.75) is 18.3 Å². The van der Waals surface area contributed by atoms with Gasteiger partial charge in [0.05, 0.1) is 17.1 Å². The van der Waals surface area contributed by atoms with Crippen LogP contribution in [0.15, 0.2) is 29.4 Å². The molecule has 1 aliphatic rings. The highest BCUT2D eigenvalue weighted by atomic mass is 19.4. The Hall–Kier alpha value is -2.16. The Morgan fingerprint density at radius 1 is 1.47 bits per heavy atom. The maximum Gasteiger partial charge on any atom is 0.438 e. The van der Waals surface area contributed by atoms with Gasteiger partial charge in [0.15, 0.2) is 0 Å². The first kappa shape index (κ1) is 13.3. The monoisotopic (exact) mass is 275 g/mol. The van der Waals surface area contributed by atoms with E-state index in [1.54, 1.807) is 5.43 Å². The minimum atomic E-state index is -4.89. The van der Waals surface area contributed by atoms with Crippen LogP contribution in [0.4, 0.5) is 18.9 Å². The van der Waals surface area contributed by atoms with Gasteiger partial charge in [0.2, 0.25) is 0 Å². The highest BCUT2D eigenvalue weighted by Gasteiger charge is 2.57. The van der Waals surface area contributed by atoms with Crippen molar-refractivity contribution in [3.8, 4) is 0 Å². The Bertz CT molecular complexity index is 558. The maximum absolute atomic E-state index is 12.5. The number of rotatable bonds is 2. The van der Waals surface area contributed by atoms with E-state index in [9.17, 15) is 28.4 Å². The van der Waals surface area contributed by atoms with Crippen LogP contribution in [-0.4, -0.2) is 27.6 Å². The van der Waals surface area contributed by atoms with Gasteiger partial charge in [-0.05, 0) is 0 Å². The average molecular weight is 275 g/mol. The van der Waals surface area contributed by atoms with Crippen molar-refractivity contribution in [3.63, 3.8) is 0 Å². The summed E-state index contributed by atoms with van der Waals surface area (Å²) in [6.45, 7) is 0. The van der Waals surface area contributed by atoms with Gasteiger partial charge < -0.3 is 5.11 Å². The van der Waals surface area contributed by atoms with Gasteiger partial charge in [0, 0.05) is 17.7 Å². The third-order valence-corrected chi connectivity index (χ3v) is 2.66. The molecule has 1 atom stereocenters. The lowest BCUT2D eigenvalue weighted by molar-refractivity contribution is -0.384. The lowest BCUT2D eigenvalue weighted by Crippen LogP contribution is -2.52. The lowest BCUT2D eigenvalue weighted by atomic mass is 10.0. The molecular weight excluding hydrogens is 267 g/mol. The summed E-state index contributed by atoms with van der Waals surface area (Å²) in [5, 5.41) is 23.3. The molecule has 1 aliphatic heterocycles. The van der Waals surface area contributed by atoms with Crippen LogP contribution in [0.5, 0.6) is 0 Å². The lowest BCUT2D eigenvalue weighted by Gasteiger charge is -2.24. The van der Waals surface area contributed by atoms with Crippen LogP contribution < -0.4 is 5.43 Å². The van der Waals surface area contributed by atoms with Crippen molar-refractivity contribution in [3.05, 3.63) is 39.9 Å². The van der Waals surface area contributed by atoms with Crippen molar-refractivity contribution >= 4 is 11.4 Å². The molecule has 0 aliphatic carbocycles. The van der Waals surface area contributed by atoms with Gasteiger partial charge in [-0.2, -0.15) is 18.3 Å². The molecule has 2 rings (SSSR count). The first-order valence-corrected chi connectivity index (χ1v) is 5.10. The van der Waals surface area contributed by atoms with E-state index in [2.05, 4.69) is 5.10 Å². The molecule has 0 amide bonds. The fourth-order valence-electron chi connectivity index (χ4n) is 1.61. The van der Waals surface area contributed by atoms with Gasteiger partial charge >= 0.3 is 6.18 Å². The number of hydrazone groups is 1. The first-order chi connectivity index (χ1) is 8.73. The van der Waals surface area contributed by atoms with Crippen molar-refractivity contribution < 1.29 is 23.2 Å². The highest BCUT2D eigenvalue weighted by Crippen LogP contribution is 2.35. The zero-order chi connectivity index (χ0) is 14.3. The molecule has 1 aromatic rings. The summed E-state index contributed by atoms with van der Waals surface area (Å²) < 4.78 is 37.6. The Morgan fingerprint density at radius 3 is 2.68 bits per heavy atom. The minimum absolute atomic E-state index is 0.0940. The fourth-order valence-corrected chi connectivity index (χ4v) is 1.61. The fraction of sp³-hybridized carbons (Fsp3) is 0.300. The minimum Gasteiger partial charge on any atom is -0.362 e. The molecule has 19 heavy (non-hydrogen) atoms. The van der Waals surface area contributed by atoms with E-state index in [1.807, 2.05) is 0 Å². The van der Waals surface area contributed by atoms with Gasteiger partial charge in [0.25, 0.3) is 11.4 Å². The summed E-state index contributed by atoms with van der Waals surface area (Å²) in [5.74, 6) is 0. The zero-order valence-corrected chi connectivity index (χ0v) is 9.31. The summed E-state index contributed by atoms with van der Waals surface area (Å²) >= 11 is 0. The predicted octanol–water partition coefficient (Wildman–Crippen LogP) is 1.54. The zero-order valence-electron chi connectivity index (χ0n) is 9.31. The normalized spacial score (nSPS) is 22.8. The van der Waals surface area contributed by atoms with Crippen LogP contribution in [0.25, 0.3) is 0 Å². The van der Waals surface area contributed by atoms with E-state index in [1.165, 1.54) is 18.2 Å². The number of nitrogens with zero attached hydrogens (tertiary/aromatic N) is 2. The van der Waals surface area contributed by atoms with Gasteiger partial charge in [-0.3, -0.25) is 15.5 Å². The second-order valence-electron chi connectivity index (χ2n) is 4.01. The average Bonchev–Trinajstić information content (AvgIpc) is 2.73. The van der Waals surface area contributed by atoms with Crippen LogP contribution in [-0.2, 0) is 0 Å². The second-order valence-corrected chi connectivity index (χ2v) is 4.01. The molecule has 1 unspecified atom stereocenters. The molecule has 0 saturated heterocycles. The molecule has 0 aromatic heterocycles. The molecule has 0 fully saturated rings. The second kappa shape index (κ2) is 4.19. The van der Waals surface area contributed by atoms with Crippen molar-refractivity contribution in [2.24, 2.45) is 5.10 Å². The standard InChI is InChI=1S/C10H8F3N3O3/c11-10(12,13)9(17)5-8(14-15-9)6-2-1-3-7(4-6)16(18)19/h1-4,15,17H,5H2. The number of benzene rings is 1. The van der Waals surface area contributed by atoms with Crippen LogP contribution in [0.2, 0.25) is 0 Å². The molecule has 0 saturated carbocycles. The Morgan fingerprint density at radius 2 is 2.16 bits per heavy atom.